The zero-order valence-corrected chi connectivity index (χ0v) is 13.4. The number of benzene rings is 1. The Morgan fingerprint density at radius 1 is 1.33 bits per heavy atom. The van der Waals surface area contributed by atoms with Gasteiger partial charge in [0.15, 0.2) is 0 Å². The Bertz CT molecular complexity index is 566. The molecule has 1 saturated carbocycles. The number of likely N-dealkylation sites (tertiary alicyclic amines) is 1. The number of carbonyl (C=O) groups is 1. The summed E-state index contributed by atoms with van der Waals surface area (Å²) in [5.74, 6) is 0.178. The largest absolute Gasteiger partial charge is 0.335 e. The first-order valence-corrected chi connectivity index (χ1v) is 7.92. The fraction of sp³-hybridized carbons (Fsp3) is 0.611. The highest BCUT2D eigenvalue weighted by molar-refractivity contribution is 5.95. The van der Waals surface area contributed by atoms with E-state index in [4.69, 9.17) is 5.73 Å². The van der Waals surface area contributed by atoms with Crippen LogP contribution in [0.15, 0.2) is 24.3 Å². The molecule has 1 saturated heterocycles. The molecule has 1 amide bonds. The van der Waals surface area contributed by atoms with Gasteiger partial charge in [-0.2, -0.15) is 0 Å². The van der Waals surface area contributed by atoms with Crippen molar-refractivity contribution < 1.29 is 4.79 Å². The van der Waals surface area contributed by atoms with E-state index in [0.29, 0.717) is 18.0 Å². The Balaban J connectivity index is 1.86. The second-order valence-electron chi connectivity index (χ2n) is 8.05. The van der Waals surface area contributed by atoms with Crippen LogP contribution in [-0.4, -0.2) is 23.4 Å². The van der Waals surface area contributed by atoms with Gasteiger partial charge in [0.25, 0.3) is 5.91 Å². The van der Waals surface area contributed by atoms with E-state index in [1.165, 1.54) is 6.42 Å². The first-order valence-electron chi connectivity index (χ1n) is 7.92. The minimum atomic E-state index is 0.178. The van der Waals surface area contributed by atoms with Gasteiger partial charge < -0.3 is 10.6 Å². The molecule has 1 aliphatic heterocycles. The van der Waals surface area contributed by atoms with Crippen molar-refractivity contribution in [3.05, 3.63) is 35.4 Å². The predicted octanol–water partition coefficient (Wildman–Crippen LogP) is 3.19. The maximum atomic E-state index is 12.9. The number of hydrogen-bond donors (Lipinski definition) is 1. The standard InChI is InChI=1S/C18H26N2O/c1-17(2)8-15-9-18(3,11-17)12-20(15)16(21)14-6-4-5-13(7-14)10-19/h4-7,15H,8-12,19H2,1-3H3. The topological polar surface area (TPSA) is 46.3 Å². The van der Waals surface area contributed by atoms with Crippen LogP contribution in [0.5, 0.6) is 0 Å². The third-order valence-electron chi connectivity index (χ3n) is 5.09. The Labute approximate surface area is 127 Å². The monoisotopic (exact) mass is 286 g/mol. The molecular formula is C18H26N2O. The summed E-state index contributed by atoms with van der Waals surface area (Å²) in [6.45, 7) is 8.38. The molecule has 2 aliphatic rings. The fourth-order valence-corrected chi connectivity index (χ4v) is 4.69. The van der Waals surface area contributed by atoms with Gasteiger partial charge in [0.2, 0.25) is 0 Å². The van der Waals surface area contributed by atoms with Crippen LogP contribution in [-0.2, 0) is 6.54 Å². The molecule has 1 aromatic rings. The van der Waals surface area contributed by atoms with Gasteiger partial charge in [0.05, 0.1) is 0 Å². The Kier molecular flexibility index (Phi) is 3.36. The fourth-order valence-electron chi connectivity index (χ4n) is 4.69. The van der Waals surface area contributed by atoms with Crippen LogP contribution in [0, 0.1) is 10.8 Å². The van der Waals surface area contributed by atoms with Gasteiger partial charge in [-0.3, -0.25) is 4.79 Å². The summed E-state index contributed by atoms with van der Waals surface area (Å²) in [6, 6.07) is 8.16. The van der Waals surface area contributed by atoms with Crippen LogP contribution in [0.25, 0.3) is 0 Å². The van der Waals surface area contributed by atoms with Crippen molar-refractivity contribution in [3.8, 4) is 0 Å². The maximum Gasteiger partial charge on any atom is 0.254 e. The summed E-state index contributed by atoms with van der Waals surface area (Å²) in [5, 5.41) is 0. The van der Waals surface area contributed by atoms with E-state index in [0.717, 1.165) is 30.5 Å². The van der Waals surface area contributed by atoms with Crippen molar-refractivity contribution in [3.63, 3.8) is 0 Å². The first-order chi connectivity index (χ1) is 9.82. The molecule has 2 unspecified atom stereocenters. The second-order valence-corrected chi connectivity index (χ2v) is 8.05. The molecule has 0 spiro atoms. The average molecular weight is 286 g/mol. The van der Waals surface area contributed by atoms with Crippen molar-refractivity contribution in [1.82, 2.24) is 4.90 Å². The molecule has 1 aliphatic carbocycles. The Hall–Kier alpha value is -1.35. The van der Waals surface area contributed by atoms with E-state index in [1.54, 1.807) is 0 Å². The molecule has 0 radical (unpaired) electrons. The minimum Gasteiger partial charge on any atom is -0.335 e. The van der Waals surface area contributed by atoms with Crippen molar-refractivity contribution in [2.75, 3.05) is 6.54 Å². The lowest BCUT2D eigenvalue weighted by Crippen LogP contribution is -2.37. The van der Waals surface area contributed by atoms with E-state index >= 15 is 0 Å². The van der Waals surface area contributed by atoms with Gasteiger partial charge in [-0.25, -0.2) is 0 Å². The van der Waals surface area contributed by atoms with Crippen molar-refractivity contribution in [2.45, 2.75) is 52.6 Å². The van der Waals surface area contributed by atoms with E-state index in [2.05, 4.69) is 25.7 Å². The summed E-state index contributed by atoms with van der Waals surface area (Å²) in [5.41, 5.74) is 8.12. The molecule has 2 atom stereocenters. The number of hydrogen-bond acceptors (Lipinski definition) is 2. The summed E-state index contributed by atoms with van der Waals surface area (Å²) in [7, 11) is 0. The lowest BCUT2D eigenvalue weighted by Gasteiger charge is -2.39. The second kappa shape index (κ2) is 4.84. The molecule has 1 heterocycles. The zero-order valence-electron chi connectivity index (χ0n) is 13.4. The molecule has 2 bridgehead atoms. The molecule has 2 N–H and O–H groups in total. The molecular weight excluding hydrogens is 260 g/mol. The molecule has 21 heavy (non-hydrogen) atoms. The highest BCUT2D eigenvalue weighted by atomic mass is 16.2. The van der Waals surface area contributed by atoms with E-state index < -0.39 is 0 Å². The van der Waals surface area contributed by atoms with Crippen molar-refractivity contribution >= 4 is 5.91 Å². The number of amides is 1. The summed E-state index contributed by atoms with van der Waals surface area (Å²) in [4.78, 5) is 15.0. The van der Waals surface area contributed by atoms with Crippen LogP contribution in [0.1, 0.15) is 56.0 Å². The van der Waals surface area contributed by atoms with Gasteiger partial charge in [-0.05, 0) is 47.8 Å². The molecule has 3 rings (SSSR count). The number of nitrogens with zero attached hydrogens (tertiary/aromatic N) is 1. The van der Waals surface area contributed by atoms with Gasteiger partial charge in [-0.15, -0.1) is 0 Å². The quantitative estimate of drug-likeness (QED) is 0.907. The molecule has 1 aromatic carbocycles. The third-order valence-corrected chi connectivity index (χ3v) is 5.09. The number of fused-ring (bicyclic) bond motifs is 2. The zero-order chi connectivity index (χ0) is 15.3. The van der Waals surface area contributed by atoms with E-state index in [-0.39, 0.29) is 11.3 Å². The van der Waals surface area contributed by atoms with Crippen LogP contribution in [0.4, 0.5) is 0 Å². The maximum absolute atomic E-state index is 12.9. The molecule has 114 valence electrons. The normalized spacial score (nSPS) is 30.5. The number of carbonyl (C=O) groups excluding carboxylic acids is 1. The first kappa shape index (κ1) is 14.6. The van der Waals surface area contributed by atoms with E-state index in [1.807, 2.05) is 24.3 Å². The number of nitrogens with two attached hydrogens (primary N) is 1. The molecule has 3 heteroatoms. The number of rotatable bonds is 2. The smallest absolute Gasteiger partial charge is 0.254 e. The average Bonchev–Trinajstić information content (AvgIpc) is 2.67. The van der Waals surface area contributed by atoms with Crippen LogP contribution < -0.4 is 5.73 Å². The van der Waals surface area contributed by atoms with Gasteiger partial charge >= 0.3 is 0 Å². The Morgan fingerprint density at radius 2 is 2.10 bits per heavy atom. The predicted molar refractivity (Wildman–Crippen MR) is 84.9 cm³/mol. The van der Waals surface area contributed by atoms with Crippen molar-refractivity contribution in [1.29, 1.82) is 0 Å². The molecule has 2 fully saturated rings. The minimum absolute atomic E-state index is 0.178. The van der Waals surface area contributed by atoms with Crippen LogP contribution in [0.3, 0.4) is 0 Å². The van der Waals surface area contributed by atoms with Gasteiger partial charge in [0.1, 0.15) is 0 Å². The van der Waals surface area contributed by atoms with E-state index in [9.17, 15) is 4.79 Å². The summed E-state index contributed by atoms with van der Waals surface area (Å²) in [6.07, 6.45) is 3.48. The Morgan fingerprint density at radius 3 is 2.81 bits per heavy atom. The molecule has 3 nitrogen and oxygen atoms in total. The van der Waals surface area contributed by atoms with Crippen molar-refractivity contribution in [2.24, 2.45) is 16.6 Å². The summed E-state index contributed by atoms with van der Waals surface area (Å²) >= 11 is 0. The van der Waals surface area contributed by atoms with Crippen LogP contribution >= 0.6 is 0 Å². The van der Waals surface area contributed by atoms with Gasteiger partial charge in [0, 0.05) is 24.7 Å². The highest BCUT2D eigenvalue weighted by Gasteiger charge is 2.50. The summed E-state index contributed by atoms with van der Waals surface area (Å²) < 4.78 is 0. The lowest BCUT2D eigenvalue weighted by atomic mass is 9.65. The van der Waals surface area contributed by atoms with Gasteiger partial charge in [-0.1, -0.05) is 32.9 Å². The highest BCUT2D eigenvalue weighted by Crippen LogP contribution is 2.52. The SMILES string of the molecule is CC1(C)CC2CC(C)(CN2C(=O)c2cccc(CN)c2)C1. The third kappa shape index (κ3) is 2.71. The molecule has 0 aromatic heterocycles. The lowest BCUT2D eigenvalue weighted by molar-refractivity contribution is 0.0708. The van der Waals surface area contributed by atoms with Crippen LogP contribution in [0.2, 0.25) is 0 Å².